The Morgan fingerprint density at radius 2 is 2.00 bits per heavy atom. The minimum Gasteiger partial charge on any atom is -0.332 e. The number of hydrogen-bond acceptors (Lipinski definition) is 2. The molecule has 0 aromatic heterocycles. The summed E-state index contributed by atoms with van der Waals surface area (Å²) in [7, 11) is 0. The molecule has 1 amide bonds. The maximum atomic E-state index is 12.5. The number of nitrogens with zero attached hydrogens (tertiary/aromatic N) is 1. The predicted molar refractivity (Wildman–Crippen MR) is 64.2 cm³/mol. The summed E-state index contributed by atoms with van der Waals surface area (Å²) in [6.45, 7) is 0.936. The van der Waals surface area contributed by atoms with Crippen molar-refractivity contribution in [2.75, 3.05) is 19.6 Å². The van der Waals surface area contributed by atoms with Crippen LogP contribution >= 0.6 is 0 Å². The van der Waals surface area contributed by atoms with E-state index in [1.807, 2.05) is 30.3 Å². The molecule has 0 aliphatic carbocycles. The molecule has 1 saturated heterocycles. The summed E-state index contributed by atoms with van der Waals surface area (Å²) in [4.78, 5) is 13.3. The second-order valence-electron chi connectivity index (χ2n) is 4.45. The molecule has 1 fully saturated rings. The van der Waals surface area contributed by atoms with Crippen LogP contribution in [0.15, 0.2) is 30.3 Å². The number of rotatable bonds is 5. The standard InChI is InChI=1S/C13H16F2N2O/c14-12(15)9-17(13(18)11-6-16-7-11)8-10-4-2-1-3-5-10/h1-5,11-12,16H,6-9H2. The van der Waals surface area contributed by atoms with Crippen LogP contribution in [0.4, 0.5) is 8.78 Å². The molecule has 0 spiro atoms. The van der Waals surface area contributed by atoms with Crippen molar-refractivity contribution in [2.24, 2.45) is 5.92 Å². The molecule has 3 nitrogen and oxygen atoms in total. The van der Waals surface area contributed by atoms with E-state index in [2.05, 4.69) is 5.32 Å². The normalized spacial score (nSPS) is 15.5. The third-order valence-electron chi connectivity index (χ3n) is 3.02. The van der Waals surface area contributed by atoms with Crippen molar-refractivity contribution in [1.29, 1.82) is 0 Å². The van der Waals surface area contributed by atoms with E-state index in [4.69, 9.17) is 0 Å². The second kappa shape index (κ2) is 5.91. The van der Waals surface area contributed by atoms with Gasteiger partial charge in [-0.25, -0.2) is 8.78 Å². The van der Waals surface area contributed by atoms with Crippen LogP contribution in [-0.4, -0.2) is 36.9 Å². The third-order valence-corrected chi connectivity index (χ3v) is 3.02. The quantitative estimate of drug-likeness (QED) is 0.863. The average Bonchev–Trinajstić information content (AvgIpc) is 2.26. The summed E-state index contributed by atoms with van der Waals surface area (Å²) in [5.41, 5.74) is 0.874. The topological polar surface area (TPSA) is 32.3 Å². The Morgan fingerprint density at radius 3 is 2.50 bits per heavy atom. The van der Waals surface area contributed by atoms with E-state index in [0.29, 0.717) is 13.1 Å². The summed E-state index contributed by atoms with van der Waals surface area (Å²) in [5.74, 6) is -0.328. The lowest BCUT2D eigenvalue weighted by atomic mass is 10.0. The van der Waals surface area contributed by atoms with Gasteiger partial charge in [-0.1, -0.05) is 30.3 Å². The molecular formula is C13H16F2N2O. The van der Waals surface area contributed by atoms with Crippen molar-refractivity contribution in [1.82, 2.24) is 10.2 Å². The number of alkyl halides is 2. The average molecular weight is 254 g/mol. The first-order valence-electron chi connectivity index (χ1n) is 5.98. The van der Waals surface area contributed by atoms with E-state index in [1.54, 1.807) is 0 Å². The van der Waals surface area contributed by atoms with Crippen molar-refractivity contribution in [3.8, 4) is 0 Å². The molecule has 1 N–H and O–H groups in total. The van der Waals surface area contributed by atoms with Gasteiger partial charge < -0.3 is 10.2 Å². The van der Waals surface area contributed by atoms with Gasteiger partial charge in [-0.3, -0.25) is 4.79 Å². The zero-order valence-corrected chi connectivity index (χ0v) is 9.98. The van der Waals surface area contributed by atoms with Gasteiger partial charge in [-0.15, -0.1) is 0 Å². The number of nitrogens with one attached hydrogen (secondary N) is 1. The smallest absolute Gasteiger partial charge is 0.255 e. The molecule has 0 saturated carbocycles. The molecule has 1 heterocycles. The van der Waals surface area contributed by atoms with E-state index < -0.39 is 13.0 Å². The monoisotopic (exact) mass is 254 g/mol. The highest BCUT2D eigenvalue weighted by atomic mass is 19.3. The largest absolute Gasteiger partial charge is 0.332 e. The van der Waals surface area contributed by atoms with Gasteiger partial charge in [0, 0.05) is 19.6 Å². The van der Waals surface area contributed by atoms with Crippen molar-refractivity contribution in [3.05, 3.63) is 35.9 Å². The number of benzene rings is 1. The zero-order chi connectivity index (χ0) is 13.0. The maximum absolute atomic E-state index is 12.5. The molecule has 0 bridgehead atoms. The summed E-state index contributed by atoms with van der Waals surface area (Å²) >= 11 is 0. The highest BCUT2D eigenvalue weighted by Gasteiger charge is 2.30. The summed E-state index contributed by atoms with van der Waals surface area (Å²) in [5, 5.41) is 2.98. The summed E-state index contributed by atoms with van der Waals surface area (Å²) in [6, 6.07) is 9.21. The number of carbonyl (C=O) groups is 1. The lowest BCUT2D eigenvalue weighted by molar-refractivity contribution is -0.139. The van der Waals surface area contributed by atoms with Crippen molar-refractivity contribution < 1.29 is 13.6 Å². The number of hydrogen-bond donors (Lipinski definition) is 1. The van der Waals surface area contributed by atoms with Crippen LogP contribution in [0.5, 0.6) is 0 Å². The first-order chi connectivity index (χ1) is 8.66. The molecule has 18 heavy (non-hydrogen) atoms. The number of amides is 1. The van der Waals surface area contributed by atoms with Gasteiger partial charge in [0.1, 0.15) is 0 Å². The zero-order valence-electron chi connectivity index (χ0n) is 9.98. The lowest BCUT2D eigenvalue weighted by Gasteiger charge is -2.32. The predicted octanol–water partition coefficient (Wildman–Crippen LogP) is 1.50. The van der Waals surface area contributed by atoms with Gasteiger partial charge in [0.2, 0.25) is 5.91 Å². The Bertz CT molecular complexity index is 393. The van der Waals surface area contributed by atoms with Gasteiger partial charge in [-0.05, 0) is 5.56 Å². The van der Waals surface area contributed by atoms with Gasteiger partial charge in [-0.2, -0.15) is 0 Å². The van der Waals surface area contributed by atoms with Gasteiger partial charge >= 0.3 is 0 Å². The van der Waals surface area contributed by atoms with Crippen molar-refractivity contribution in [2.45, 2.75) is 13.0 Å². The van der Waals surface area contributed by atoms with E-state index in [0.717, 1.165) is 5.56 Å². The van der Waals surface area contributed by atoms with Gasteiger partial charge in [0.15, 0.2) is 0 Å². The molecule has 0 radical (unpaired) electrons. The van der Waals surface area contributed by atoms with Crippen LogP contribution in [0, 0.1) is 5.92 Å². The lowest BCUT2D eigenvalue weighted by Crippen LogP contribution is -2.52. The van der Waals surface area contributed by atoms with E-state index >= 15 is 0 Å². The molecule has 1 aliphatic heterocycles. The fourth-order valence-corrected chi connectivity index (χ4v) is 1.92. The fourth-order valence-electron chi connectivity index (χ4n) is 1.92. The van der Waals surface area contributed by atoms with Crippen LogP contribution in [0.3, 0.4) is 0 Å². The van der Waals surface area contributed by atoms with Crippen LogP contribution in [0.1, 0.15) is 5.56 Å². The number of halogens is 2. The molecule has 1 aromatic carbocycles. The summed E-state index contributed by atoms with van der Waals surface area (Å²) < 4.78 is 25.0. The third kappa shape index (κ3) is 3.26. The minimum absolute atomic E-state index is 0.146. The fraction of sp³-hybridized carbons (Fsp3) is 0.462. The molecular weight excluding hydrogens is 238 g/mol. The second-order valence-corrected chi connectivity index (χ2v) is 4.45. The Hall–Kier alpha value is -1.49. The molecule has 5 heteroatoms. The van der Waals surface area contributed by atoms with Gasteiger partial charge in [0.25, 0.3) is 6.43 Å². The van der Waals surface area contributed by atoms with Crippen LogP contribution in [0.2, 0.25) is 0 Å². The molecule has 1 aliphatic rings. The molecule has 0 atom stereocenters. The SMILES string of the molecule is O=C(C1CNC1)N(Cc1ccccc1)CC(F)F. The molecule has 0 unspecified atom stereocenters. The Morgan fingerprint density at radius 1 is 1.33 bits per heavy atom. The first-order valence-corrected chi connectivity index (χ1v) is 5.98. The minimum atomic E-state index is -2.49. The molecule has 98 valence electrons. The van der Waals surface area contributed by atoms with Crippen LogP contribution in [-0.2, 0) is 11.3 Å². The first kappa shape index (κ1) is 13.0. The van der Waals surface area contributed by atoms with Crippen LogP contribution in [0.25, 0.3) is 0 Å². The maximum Gasteiger partial charge on any atom is 0.255 e. The summed E-state index contributed by atoms with van der Waals surface area (Å²) in [6.07, 6.45) is -2.49. The van der Waals surface area contributed by atoms with Crippen molar-refractivity contribution in [3.63, 3.8) is 0 Å². The molecule has 1 aromatic rings. The number of carbonyl (C=O) groups excluding carboxylic acids is 1. The van der Waals surface area contributed by atoms with E-state index in [9.17, 15) is 13.6 Å². The van der Waals surface area contributed by atoms with Crippen molar-refractivity contribution >= 4 is 5.91 Å². The van der Waals surface area contributed by atoms with E-state index in [-0.39, 0.29) is 18.4 Å². The Kier molecular flexibility index (Phi) is 4.25. The van der Waals surface area contributed by atoms with E-state index in [1.165, 1.54) is 4.90 Å². The van der Waals surface area contributed by atoms with Gasteiger partial charge in [0.05, 0.1) is 12.5 Å². The Balaban J connectivity index is 2.02. The highest BCUT2D eigenvalue weighted by molar-refractivity contribution is 5.80. The highest BCUT2D eigenvalue weighted by Crippen LogP contribution is 2.13. The van der Waals surface area contributed by atoms with Crippen LogP contribution < -0.4 is 5.32 Å². The molecule has 2 rings (SSSR count). The Labute approximate surface area is 105 Å².